The molecule has 0 N–H and O–H groups in total. The van der Waals surface area contributed by atoms with Crippen LogP contribution in [0.15, 0.2) is 18.2 Å². The normalized spacial score (nSPS) is 28.6. The number of benzene rings is 1. The van der Waals surface area contributed by atoms with Gasteiger partial charge in [0.15, 0.2) is 0 Å². The van der Waals surface area contributed by atoms with E-state index in [2.05, 4.69) is 41.8 Å². The Kier molecular flexibility index (Phi) is 13.6. The van der Waals surface area contributed by atoms with Gasteiger partial charge >= 0.3 is 24.1 Å². The van der Waals surface area contributed by atoms with Gasteiger partial charge in [-0.3, -0.25) is 9.69 Å². The zero-order chi connectivity index (χ0) is 40.6. The van der Waals surface area contributed by atoms with E-state index in [0.717, 1.165) is 88.8 Å². The summed E-state index contributed by atoms with van der Waals surface area (Å²) < 4.78 is 135. The van der Waals surface area contributed by atoms with Crippen LogP contribution >= 0.6 is 0 Å². The molecule has 0 bridgehead atoms. The molecular formula is C37H54B2F9N3O4. The molecule has 7 nitrogen and oxygen atoms in total. The van der Waals surface area contributed by atoms with Gasteiger partial charge in [0.2, 0.25) is 13.3 Å². The van der Waals surface area contributed by atoms with Crippen molar-refractivity contribution >= 4 is 21.0 Å². The third-order valence-electron chi connectivity index (χ3n) is 13.2. The predicted molar refractivity (Wildman–Crippen MR) is 193 cm³/mol. The van der Waals surface area contributed by atoms with Gasteiger partial charge in [-0.05, 0) is 125 Å². The minimum absolute atomic E-state index is 0.139. The van der Waals surface area contributed by atoms with Crippen LogP contribution < -0.4 is 4.74 Å². The number of fused-ring (bicyclic) bond motifs is 5. The summed E-state index contributed by atoms with van der Waals surface area (Å²) in [6.45, 7) is 1.08. The van der Waals surface area contributed by atoms with E-state index in [9.17, 15) is 44.3 Å². The number of amides is 1. The zero-order valence-corrected chi connectivity index (χ0v) is 32.4. The highest BCUT2D eigenvalue weighted by molar-refractivity contribution is 6.85. The third kappa shape index (κ3) is 8.96. The molecule has 1 aromatic rings. The second-order valence-electron chi connectivity index (χ2n) is 16.4. The number of rotatable bonds is 15. The fourth-order valence-corrected chi connectivity index (χ4v) is 10.3. The van der Waals surface area contributed by atoms with Crippen LogP contribution in [0, 0.1) is 17.3 Å². The molecule has 0 aliphatic heterocycles. The third-order valence-corrected chi connectivity index (χ3v) is 13.2. The van der Waals surface area contributed by atoms with Gasteiger partial charge in [-0.1, -0.05) is 13.0 Å². The Labute approximate surface area is 319 Å². The molecule has 0 radical (unpaired) electrons. The number of likely N-dealkylation sites (N-methyl/N-ethyl adjacent to an activating group) is 2. The lowest BCUT2D eigenvalue weighted by Gasteiger charge is -2.52. The van der Waals surface area contributed by atoms with Crippen LogP contribution in [0.4, 0.5) is 39.5 Å². The monoisotopic (exact) mass is 797 g/mol. The van der Waals surface area contributed by atoms with Gasteiger partial charge in [-0.25, -0.2) is 0 Å². The van der Waals surface area contributed by atoms with Crippen molar-refractivity contribution in [2.45, 2.75) is 119 Å². The van der Waals surface area contributed by atoms with Gasteiger partial charge < -0.3 is 23.9 Å². The van der Waals surface area contributed by atoms with Gasteiger partial charge in [-0.2, -0.15) is 39.5 Å². The molecule has 0 saturated heterocycles. The van der Waals surface area contributed by atoms with Crippen LogP contribution in [0.2, 0.25) is 0 Å². The molecule has 4 aliphatic rings. The second kappa shape index (κ2) is 17.0. The van der Waals surface area contributed by atoms with Gasteiger partial charge in [0.1, 0.15) is 13.5 Å². The molecule has 18 heteroatoms. The van der Waals surface area contributed by atoms with Crippen LogP contribution in [-0.4, -0.2) is 132 Å². The summed E-state index contributed by atoms with van der Waals surface area (Å²) in [6, 6.07) is 6.89. The molecule has 0 heterocycles. The number of nitrogens with zero attached hydrogens (tertiary/aromatic N) is 3. The van der Waals surface area contributed by atoms with Crippen molar-refractivity contribution in [2.75, 3.05) is 54.0 Å². The summed E-state index contributed by atoms with van der Waals surface area (Å²) in [7, 11) is 7.85. The SMILES string of the molecule is BBO[C@@H]1CCC(N(C)CCCOc2ccc3c(c2)CCC2C3CC[C@@]3(C)C2CC[C@@H]3N(C)C(=O)CN(C)CCOC(C(F)(F)F)(C(F)(F)F)C(F)(F)F)C1. The summed E-state index contributed by atoms with van der Waals surface area (Å²) in [5, 5.41) is 0. The van der Waals surface area contributed by atoms with Crippen molar-refractivity contribution < 1.29 is 58.4 Å². The molecule has 3 fully saturated rings. The average molecular weight is 797 g/mol. The minimum atomic E-state index is -6.80. The van der Waals surface area contributed by atoms with Crippen molar-refractivity contribution in [3.63, 3.8) is 0 Å². The Hall–Kier alpha value is -2.17. The summed E-state index contributed by atoms with van der Waals surface area (Å²) in [4.78, 5) is 18.5. The quantitative estimate of drug-likeness (QED) is 0.118. The highest BCUT2D eigenvalue weighted by Crippen LogP contribution is 2.62. The summed E-state index contributed by atoms with van der Waals surface area (Å²) >= 11 is 0. The molecular weight excluding hydrogens is 743 g/mol. The molecule has 3 saturated carbocycles. The van der Waals surface area contributed by atoms with E-state index in [0.29, 0.717) is 36.5 Å². The Balaban J connectivity index is 1.12. The Morgan fingerprint density at radius 2 is 1.60 bits per heavy atom. The number of hydrogen-bond acceptors (Lipinski definition) is 6. The van der Waals surface area contributed by atoms with E-state index in [1.54, 1.807) is 11.9 Å². The zero-order valence-electron chi connectivity index (χ0n) is 32.4. The smallest absolute Gasteiger partial charge is 0.435 e. The Morgan fingerprint density at radius 3 is 2.25 bits per heavy atom. The molecule has 5 rings (SSSR count). The van der Waals surface area contributed by atoms with Crippen molar-refractivity contribution in [1.29, 1.82) is 0 Å². The van der Waals surface area contributed by atoms with E-state index in [1.165, 1.54) is 18.2 Å². The molecule has 55 heavy (non-hydrogen) atoms. The molecule has 7 atom stereocenters. The van der Waals surface area contributed by atoms with Gasteiger partial charge in [0.25, 0.3) is 0 Å². The number of halogens is 9. The fraction of sp³-hybridized carbons (Fsp3) is 0.811. The fourth-order valence-electron chi connectivity index (χ4n) is 10.3. The van der Waals surface area contributed by atoms with Crippen LogP contribution in [0.25, 0.3) is 0 Å². The Morgan fingerprint density at radius 1 is 0.909 bits per heavy atom. The molecule has 0 aromatic heterocycles. The standard InChI is InChI=1S/C37H54B2F9N3O4/c1-33-15-14-28-27-11-9-25(53-18-5-16-50(3)24-7-8-26(21-24)55-39-38)20-23(27)6-10-29(28)30(33)12-13-31(33)51(4)32(52)22-49(2)17-19-54-34(35(40,41)42,36(43,44)45)37(46,47)48/h9,11,20,24,26,28-31,39H,5-8,10,12-19,21-22,38H2,1-4H3/t24?,26-,28?,29?,30?,31+,33+/m1/s1. The van der Waals surface area contributed by atoms with E-state index < -0.39 is 49.7 Å². The highest BCUT2D eigenvalue weighted by Gasteiger charge is 2.85. The first-order valence-corrected chi connectivity index (χ1v) is 19.5. The number of ether oxygens (including phenoxy) is 2. The number of alkyl halides is 9. The van der Waals surface area contributed by atoms with E-state index >= 15 is 0 Å². The first-order valence-electron chi connectivity index (χ1n) is 19.5. The number of hydrogen-bond donors (Lipinski definition) is 0. The topological polar surface area (TPSA) is 54.5 Å². The van der Waals surface area contributed by atoms with Gasteiger partial charge in [0.05, 0.1) is 19.8 Å². The van der Waals surface area contributed by atoms with Crippen LogP contribution in [0.1, 0.15) is 81.8 Å². The average Bonchev–Trinajstić information content (AvgIpc) is 3.70. The lowest BCUT2D eigenvalue weighted by molar-refractivity contribution is -0.457. The van der Waals surface area contributed by atoms with Crippen molar-refractivity contribution in [2.24, 2.45) is 17.3 Å². The van der Waals surface area contributed by atoms with Crippen LogP contribution in [0.5, 0.6) is 5.75 Å². The highest BCUT2D eigenvalue weighted by atomic mass is 19.4. The van der Waals surface area contributed by atoms with Gasteiger partial charge in [-0.15, -0.1) is 0 Å². The number of carbonyl (C=O) groups is 1. The molecule has 1 amide bonds. The molecule has 310 valence electrons. The largest absolute Gasteiger partial charge is 0.494 e. The maximum atomic E-state index is 13.4. The minimum Gasteiger partial charge on any atom is -0.494 e. The summed E-state index contributed by atoms with van der Waals surface area (Å²) in [5.74, 6) is 1.63. The van der Waals surface area contributed by atoms with Gasteiger partial charge in [0, 0.05) is 38.3 Å². The first-order chi connectivity index (χ1) is 25.6. The van der Waals surface area contributed by atoms with Crippen molar-refractivity contribution in [1.82, 2.24) is 14.7 Å². The molecule has 4 unspecified atom stereocenters. The number of aryl methyl sites for hydroxylation is 1. The van der Waals surface area contributed by atoms with E-state index in [4.69, 9.17) is 9.39 Å². The van der Waals surface area contributed by atoms with Crippen LogP contribution in [0.3, 0.4) is 0 Å². The second-order valence-corrected chi connectivity index (χ2v) is 16.4. The van der Waals surface area contributed by atoms with E-state index in [1.807, 2.05) is 7.74 Å². The van der Waals surface area contributed by atoms with Crippen molar-refractivity contribution in [3.05, 3.63) is 29.3 Å². The van der Waals surface area contributed by atoms with Crippen LogP contribution in [-0.2, 0) is 20.6 Å². The summed E-state index contributed by atoms with van der Waals surface area (Å²) in [5.41, 5.74) is -3.86. The van der Waals surface area contributed by atoms with Crippen molar-refractivity contribution in [3.8, 4) is 5.75 Å². The predicted octanol–water partition coefficient (Wildman–Crippen LogP) is 6.28. The molecule has 1 aromatic carbocycles. The molecule has 0 spiro atoms. The van der Waals surface area contributed by atoms with E-state index in [-0.39, 0.29) is 11.5 Å². The lowest BCUT2D eigenvalue weighted by atomic mass is 9.55. The maximum absolute atomic E-state index is 13.4. The lowest BCUT2D eigenvalue weighted by Crippen LogP contribution is -2.68. The first kappa shape index (κ1) is 43.9. The summed E-state index contributed by atoms with van der Waals surface area (Å²) in [6.07, 6.45) is -10.3. The Bertz CT molecular complexity index is 1430. The maximum Gasteiger partial charge on any atom is 0.435 e. The number of carbonyl (C=O) groups excluding carboxylic acids is 1. The molecule has 4 aliphatic carbocycles.